The first-order chi connectivity index (χ1) is 7.60. The predicted molar refractivity (Wildman–Crippen MR) is 50.5 cm³/mol. The van der Waals surface area contributed by atoms with Crippen LogP contribution in [0.15, 0.2) is 24.3 Å². The lowest BCUT2D eigenvalue weighted by Crippen LogP contribution is -2.37. The second-order valence-electron chi connectivity index (χ2n) is 3.09. The van der Waals surface area contributed by atoms with Gasteiger partial charge in [0.25, 0.3) is 0 Å². The first-order valence-electron chi connectivity index (χ1n) is 4.16. The van der Waals surface area contributed by atoms with E-state index in [0.29, 0.717) is 5.69 Å². The fraction of sp³-hybridized carbons (Fsp3) is 0.143. The quantitative estimate of drug-likeness (QED) is 0.477. The van der Waals surface area contributed by atoms with Crippen LogP contribution in [-0.4, -0.2) is 5.59 Å². The summed E-state index contributed by atoms with van der Waals surface area (Å²) in [5, 5.41) is 0. The van der Waals surface area contributed by atoms with E-state index in [0.717, 1.165) is 12.1 Å². The van der Waals surface area contributed by atoms with E-state index < -0.39 is 20.8 Å². The summed E-state index contributed by atoms with van der Waals surface area (Å²) < 4.78 is 25.6. The fourth-order valence-corrected chi connectivity index (χ4v) is 2.86. The molecule has 0 unspecified atom stereocenters. The van der Waals surface area contributed by atoms with Gasteiger partial charge in [-0.15, -0.1) is 0 Å². The lowest BCUT2D eigenvalue weighted by molar-refractivity contribution is -0.336. The Balaban J connectivity index is 3.00. The molecule has 17 heavy (non-hydrogen) atoms. The Bertz CT molecular complexity index is 454. The molecule has 2 N–H and O–H groups in total. The Labute approximate surface area is 96.4 Å². The number of benzene rings is 1. The summed E-state index contributed by atoms with van der Waals surface area (Å²) in [6, 6.07) is 4.84. The molecule has 0 aliphatic carbocycles. The number of ether oxygens (including phenoxy) is 1. The van der Waals surface area contributed by atoms with Crippen molar-refractivity contribution in [1.82, 2.24) is 0 Å². The third-order valence-electron chi connectivity index (χ3n) is 1.66. The van der Waals surface area contributed by atoms with Crippen molar-refractivity contribution >= 4 is 20.9 Å². The summed E-state index contributed by atoms with van der Waals surface area (Å²) in [5.74, 6) is -0.261. The normalized spacial score (nSPS) is 12.8. The molecule has 0 spiro atoms. The van der Waals surface area contributed by atoms with Crippen molar-refractivity contribution in [3.63, 3.8) is 0 Å². The van der Waals surface area contributed by atoms with Crippen LogP contribution in [-0.2, 0) is 9.13 Å². The van der Waals surface area contributed by atoms with Crippen LogP contribution < -0.4 is 30.0 Å². The average Bonchev–Trinajstić information content (AvgIpc) is 2.13. The van der Waals surface area contributed by atoms with Crippen molar-refractivity contribution in [3.05, 3.63) is 24.3 Å². The van der Waals surface area contributed by atoms with E-state index >= 15 is 0 Å². The molecule has 0 saturated heterocycles. The van der Waals surface area contributed by atoms with E-state index in [9.17, 15) is 28.7 Å². The van der Waals surface area contributed by atoms with Crippen LogP contribution in [0.3, 0.4) is 0 Å². The van der Waals surface area contributed by atoms with Crippen molar-refractivity contribution in [2.45, 2.75) is 5.59 Å². The van der Waals surface area contributed by atoms with Gasteiger partial charge in [-0.05, 0) is 39.5 Å². The zero-order valence-corrected chi connectivity index (χ0v) is 10.0. The Hall–Kier alpha value is -0.880. The topological polar surface area (TPSA) is 162 Å². The Morgan fingerprint density at radius 1 is 1.00 bits per heavy atom. The second-order valence-corrected chi connectivity index (χ2v) is 6.60. The number of hydrogen-bond acceptors (Lipinski definition) is 8. The summed E-state index contributed by atoms with van der Waals surface area (Å²) >= 11 is 0. The van der Waals surface area contributed by atoms with Gasteiger partial charge in [-0.2, -0.15) is 0 Å². The zero-order chi connectivity index (χ0) is 13.3. The highest BCUT2D eigenvalue weighted by molar-refractivity contribution is 7.67. The second kappa shape index (κ2) is 4.78. The SMILES string of the molecule is Nc1ccc(OC(P(=O)([O-])[O-])P(=O)([O-])[O-])cc1. The third-order valence-corrected chi connectivity index (χ3v) is 4.65. The molecule has 0 aliphatic rings. The molecular weight excluding hydrogens is 272 g/mol. The molecule has 1 aromatic rings. The van der Waals surface area contributed by atoms with Gasteiger partial charge in [0.05, 0.1) is 0 Å². The van der Waals surface area contributed by atoms with Crippen molar-refractivity contribution in [2.24, 2.45) is 0 Å². The molecular formula is C7H7NO7P2-4. The number of hydrogen-bond donors (Lipinski definition) is 1. The van der Waals surface area contributed by atoms with Gasteiger partial charge in [-0.1, -0.05) is 0 Å². The lowest BCUT2D eigenvalue weighted by Gasteiger charge is -2.48. The minimum absolute atomic E-state index is 0.261. The maximum absolute atomic E-state index is 10.6. The smallest absolute Gasteiger partial charge is 0.150 e. The molecule has 8 nitrogen and oxygen atoms in total. The van der Waals surface area contributed by atoms with Crippen molar-refractivity contribution < 1.29 is 33.4 Å². The lowest BCUT2D eigenvalue weighted by atomic mass is 10.3. The molecule has 0 aliphatic heterocycles. The Kier molecular flexibility index (Phi) is 3.99. The maximum atomic E-state index is 10.6. The molecule has 96 valence electrons. The molecule has 0 radical (unpaired) electrons. The van der Waals surface area contributed by atoms with Crippen molar-refractivity contribution in [1.29, 1.82) is 0 Å². The highest BCUT2D eigenvalue weighted by atomic mass is 31.2. The van der Waals surface area contributed by atoms with Gasteiger partial charge in [0.2, 0.25) is 0 Å². The van der Waals surface area contributed by atoms with Gasteiger partial charge in [0, 0.05) is 5.69 Å². The van der Waals surface area contributed by atoms with E-state index in [1.807, 2.05) is 0 Å². The number of nitrogens with two attached hydrogens (primary N) is 1. The Morgan fingerprint density at radius 2 is 1.41 bits per heavy atom. The molecule has 0 bridgehead atoms. The maximum Gasteiger partial charge on any atom is 0.150 e. The van der Waals surface area contributed by atoms with Crippen LogP contribution in [0.1, 0.15) is 0 Å². The van der Waals surface area contributed by atoms with Crippen LogP contribution in [0, 0.1) is 0 Å². The zero-order valence-electron chi connectivity index (χ0n) is 8.22. The molecule has 0 aromatic heterocycles. The van der Waals surface area contributed by atoms with Gasteiger partial charge in [0.1, 0.15) is 11.3 Å². The summed E-state index contributed by atoms with van der Waals surface area (Å²) in [4.78, 5) is 42.4. The summed E-state index contributed by atoms with van der Waals surface area (Å²) in [7, 11) is -11.4. The van der Waals surface area contributed by atoms with Gasteiger partial charge in [-0.25, -0.2) is 0 Å². The van der Waals surface area contributed by atoms with E-state index in [4.69, 9.17) is 5.73 Å². The minimum atomic E-state index is -5.72. The monoisotopic (exact) mass is 279 g/mol. The highest BCUT2D eigenvalue weighted by Gasteiger charge is 2.19. The predicted octanol–water partition coefficient (Wildman–Crippen LogP) is -2.24. The number of rotatable bonds is 4. The summed E-state index contributed by atoms with van der Waals surface area (Å²) in [6.45, 7) is 0. The fourth-order valence-electron chi connectivity index (χ4n) is 0.970. The highest BCUT2D eigenvalue weighted by Crippen LogP contribution is 2.50. The van der Waals surface area contributed by atoms with Crippen LogP contribution >= 0.6 is 15.2 Å². The first kappa shape index (κ1) is 14.2. The van der Waals surface area contributed by atoms with Crippen LogP contribution in [0.25, 0.3) is 0 Å². The summed E-state index contributed by atoms with van der Waals surface area (Å²) in [6.07, 6.45) is 0. The van der Waals surface area contributed by atoms with Gasteiger partial charge < -0.3 is 39.2 Å². The standard InChI is InChI=1S/C7H11NO7P2/c8-5-1-3-6(4-2-5)15-7(16(9,10)11)17(12,13)14/h1-4,7H,8H2,(H2,9,10,11)(H2,12,13,14)/p-4. The molecule has 0 atom stereocenters. The minimum Gasteiger partial charge on any atom is -0.808 e. The molecule has 0 saturated carbocycles. The van der Waals surface area contributed by atoms with Gasteiger partial charge in [-0.3, -0.25) is 0 Å². The van der Waals surface area contributed by atoms with E-state index in [1.165, 1.54) is 12.1 Å². The molecule has 0 fully saturated rings. The van der Waals surface area contributed by atoms with Crippen LogP contribution in [0.4, 0.5) is 5.69 Å². The van der Waals surface area contributed by atoms with E-state index in [1.54, 1.807) is 0 Å². The molecule has 0 heterocycles. The number of anilines is 1. The van der Waals surface area contributed by atoms with Crippen molar-refractivity contribution in [2.75, 3.05) is 5.73 Å². The molecule has 10 heteroatoms. The average molecular weight is 279 g/mol. The first-order valence-corrected chi connectivity index (χ1v) is 7.39. The molecule has 1 rings (SSSR count). The summed E-state index contributed by atoms with van der Waals surface area (Å²) in [5.41, 5.74) is 2.67. The van der Waals surface area contributed by atoms with Crippen LogP contribution in [0.2, 0.25) is 0 Å². The Morgan fingerprint density at radius 3 is 1.76 bits per heavy atom. The van der Waals surface area contributed by atoms with E-state index in [2.05, 4.69) is 4.74 Å². The van der Waals surface area contributed by atoms with E-state index in [-0.39, 0.29) is 5.75 Å². The van der Waals surface area contributed by atoms with Crippen LogP contribution in [0.5, 0.6) is 5.75 Å². The number of nitrogen functional groups attached to an aromatic ring is 1. The van der Waals surface area contributed by atoms with Gasteiger partial charge >= 0.3 is 0 Å². The molecule has 0 amide bonds. The largest absolute Gasteiger partial charge is 0.808 e. The van der Waals surface area contributed by atoms with Crippen molar-refractivity contribution in [3.8, 4) is 5.75 Å². The molecule has 1 aromatic carbocycles. The van der Waals surface area contributed by atoms with Gasteiger partial charge in [0.15, 0.2) is 0 Å². The third kappa shape index (κ3) is 4.12.